The van der Waals surface area contributed by atoms with Gasteiger partial charge in [-0.15, -0.1) is 97.7 Å². The first-order valence-electron chi connectivity index (χ1n) is 38.1. The van der Waals surface area contributed by atoms with Crippen LogP contribution in [0.2, 0.25) is 0 Å². The zero-order chi connectivity index (χ0) is 81.5. The van der Waals surface area contributed by atoms with Crippen molar-refractivity contribution in [2.75, 3.05) is 32.7 Å². The molecular weight excluding hydrogens is 1220 g/mol. The van der Waals surface area contributed by atoms with Crippen LogP contribution >= 0.6 is 0 Å². The monoisotopic (exact) mass is 1390 g/mol. The van der Waals surface area contributed by atoms with Crippen LogP contribution in [0.3, 0.4) is 0 Å². The van der Waals surface area contributed by atoms with E-state index < -0.39 is 24.5 Å². The molecule has 0 aromatic carbocycles. The molecule has 2 aliphatic carbocycles. The van der Waals surface area contributed by atoms with Crippen LogP contribution in [0.1, 0.15) is 354 Å². The molecule has 0 saturated heterocycles. The van der Waals surface area contributed by atoms with E-state index in [0.717, 1.165) is 64.6 Å². The smallest absolute Gasteiger partial charge is 0.312 e. The maximum atomic E-state index is 12.7. The van der Waals surface area contributed by atoms with Crippen LogP contribution in [0.15, 0.2) is 0 Å². The Morgan fingerprint density at radius 3 is 1.04 bits per heavy atom. The van der Waals surface area contributed by atoms with Crippen LogP contribution in [0.5, 0.6) is 0 Å². The number of hydrogen-bond acceptors (Lipinski definition) is 9. The standard InChI is InChI=1S/C13H23N.C12H21N.C11H21N.2C10H19N.C9H17N.C8H13F2N.C8H15N.C7H13N/c1-5-9-13(14-12(2,3)4)10-7-6-8-11-13;1-5-8-12(9-6-7-10-12)13-11(2,3)4;1-5-6-7-8-9-10-12-11(2,3)4;1-7-8-10(5,6)11-9(2,3)4;1-5-6-7-8-9-11-10(2,3)4;1-5-6-7-8-10-9(2,3)4;1-5-6-8(9,10)11-7(2,3)4;1-5-6-7-9-8(2,3)4;1-5-6-8-7(2,3)4/h1,14H,6-11H2,2-4H3;1,13H,6-10H2,2-4H3;12H,7-10H2,1-4H3;1,11H,8H2,2-6H3;11H,7-9H2,1-4H3;10H,7-8H2,1-4H3;1,11H,6H2,2-4H3;1,9H,6-7H2,2-4H3;1,8H,6H2,2-4H3/i;;;;;;;7D2;1D. The third-order valence-corrected chi connectivity index (χ3v) is 13.0. The quantitative estimate of drug-likeness (QED) is 0.0335. The topological polar surface area (TPSA) is 108 Å². The van der Waals surface area contributed by atoms with Crippen LogP contribution < -0.4 is 47.9 Å². The summed E-state index contributed by atoms with van der Waals surface area (Å²) < 4.78 is 46.6. The second kappa shape index (κ2) is 56.1. The van der Waals surface area contributed by atoms with Gasteiger partial charge >= 0.3 is 6.05 Å². The molecule has 0 spiro atoms. The molecule has 0 aliphatic heterocycles. The van der Waals surface area contributed by atoms with Crippen LogP contribution in [0.25, 0.3) is 0 Å². The summed E-state index contributed by atoms with van der Waals surface area (Å²) in [6.45, 7) is 68.5. The van der Waals surface area contributed by atoms with Gasteiger partial charge in [-0.25, -0.2) is 0 Å². The first kappa shape index (κ1) is 101. The van der Waals surface area contributed by atoms with Gasteiger partial charge in [-0.3, -0.25) is 5.32 Å². The lowest BCUT2D eigenvalue weighted by atomic mass is 9.78. The number of rotatable bonds is 20. The van der Waals surface area contributed by atoms with E-state index in [1.54, 1.807) is 20.8 Å². The summed E-state index contributed by atoms with van der Waals surface area (Å²) in [4.78, 5) is 0. The molecule has 2 rings (SSSR count). The number of hydrogen-bond donors (Lipinski definition) is 9. The first-order chi connectivity index (χ1) is 46.0. The molecule has 2 fully saturated rings. The second-order valence-corrected chi connectivity index (χ2v) is 35.8. The van der Waals surface area contributed by atoms with E-state index in [0.29, 0.717) is 6.54 Å². The van der Waals surface area contributed by atoms with Crippen molar-refractivity contribution in [3.05, 3.63) is 0 Å². The molecule has 99 heavy (non-hydrogen) atoms. The lowest BCUT2D eigenvalue weighted by Gasteiger charge is -2.42. The molecule has 0 bridgehead atoms. The molecule has 2 aliphatic rings. The fourth-order valence-corrected chi connectivity index (χ4v) is 9.98. The van der Waals surface area contributed by atoms with Gasteiger partial charge in [-0.1, -0.05) is 43.9 Å². The molecule has 0 aromatic rings. The van der Waals surface area contributed by atoms with Gasteiger partial charge in [-0.05, 0) is 280 Å². The third kappa shape index (κ3) is 97.8. The van der Waals surface area contributed by atoms with Crippen molar-refractivity contribution in [1.29, 1.82) is 0 Å². The highest BCUT2D eigenvalue weighted by atomic mass is 19.3. The average molecular weight is 1390 g/mol. The molecular formula is C88H161F2N9. The molecule has 11 heteroatoms. The molecule has 572 valence electrons. The van der Waals surface area contributed by atoms with E-state index in [1.807, 2.05) is 47.5 Å². The summed E-state index contributed by atoms with van der Waals surface area (Å²) in [5.74, 6) is 32.9. The predicted molar refractivity (Wildman–Crippen MR) is 441 cm³/mol. The summed E-state index contributed by atoms with van der Waals surface area (Å²) in [6.07, 6.45) is 48.3. The Morgan fingerprint density at radius 2 is 0.717 bits per heavy atom. The number of halogens is 2. The Kier molecular flexibility index (Phi) is 57.1. The fourth-order valence-electron chi connectivity index (χ4n) is 9.98. The van der Waals surface area contributed by atoms with Gasteiger partial charge in [-0.2, -0.15) is 8.78 Å². The maximum Gasteiger partial charge on any atom is 0.313 e. The van der Waals surface area contributed by atoms with Gasteiger partial charge < -0.3 is 42.5 Å². The van der Waals surface area contributed by atoms with Gasteiger partial charge in [0.15, 0.2) is 0 Å². The van der Waals surface area contributed by atoms with Gasteiger partial charge in [0, 0.05) is 127 Å². The average Bonchev–Trinajstić information content (AvgIpc) is 1.40. The van der Waals surface area contributed by atoms with Crippen molar-refractivity contribution >= 4 is 0 Å². The van der Waals surface area contributed by atoms with Crippen LogP contribution in [-0.4, -0.2) is 105 Å². The molecule has 9 nitrogen and oxygen atoms in total. The molecule has 0 heterocycles. The van der Waals surface area contributed by atoms with E-state index in [4.69, 9.17) is 36.2 Å². The van der Waals surface area contributed by atoms with Gasteiger partial charge in [0.05, 0.1) is 13.0 Å². The van der Waals surface area contributed by atoms with Crippen molar-refractivity contribution in [2.45, 2.75) is 422 Å². The zero-order valence-corrected chi connectivity index (χ0v) is 70.6. The van der Waals surface area contributed by atoms with E-state index in [9.17, 15) is 8.78 Å². The predicted octanol–water partition coefficient (Wildman–Crippen LogP) is 18.9. The summed E-state index contributed by atoms with van der Waals surface area (Å²) in [7, 11) is 0. The van der Waals surface area contributed by atoms with Gasteiger partial charge in [0.25, 0.3) is 0 Å². The van der Waals surface area contributed by atoms with Crippen molar-refractivity contribution in [1.82, 2.24) is 47.9 Å². The molecule has 0 atom stereocenters. The largest absolute Gasteiger partial charge is 0.313 e. The summed E-state index contributed by atoms with van der Waals surface area (Å²) in [5.41, 5.74) is 1.02. The Morgan fingerprint density at radius 1 is 0.364 bits per heavy atom. The maximum absolute atomic E-state index is 12.7. The molecule has 0 radical (unpaired) electrons. The zero-order valence-electron chi connectivity index (χ0n) is 73.6. The number of terminal acetylenes is 6. The molecule has 0 amide bonds. The van der Waals surface area contributed by atoms with Crippen LogP contribution in [0, 0.1) is 110 Å². The Labute approximate surface area is 622 Å². The van der Waals surface area contributed by atoms with Crippen molar-refractivity contribution < 1.29 is 12.9 Å². The van der Waals surface area contributed by atoms with E-state index in [1.165, 1.54) is 70.6 Å². The summed E-state index contributed by atoms with van der Waals surface area (Å²) in [6, 6.07) is -2.95. The first-order valence-corrected chi connectivity index (χ1v) is 36.6. The molecule has 9 N–H and O–H groups in total. The number of nitrogens with one attached hydrogen (secondary N) is 9. The van der Waals surface area contributed by atoms with Crippen molar-refractivity contribution in [3.8, 4) is 110 Å². The highest BCUT2D eigenvalue weighted by molar-refractivity contribution is 5.06. The van der Waals surface area contributed by atoms with Crippen LogP contribution in [-0.2, 0) is 0 Å². The van der Waals surface area contributed by atoms with Crippen molar-refractivity contribution in [3.63, 3.8) is 0 Å². The highest BCUT2D eigenvalue weighted by Crippen LogP contribution is 2.34. The Balaban J connectivity index is -0.000000200. The second-order valence-electron chi connectivity index (χ2n) is 35.8. The Hall–Kier alpha value is -4.46. The minimum atomic E-state index is -2.95. The lowest BCUT2D eigenvalue weighted by molar-refractivity contribution is -0.0502. The number of unbranched alkanes of at least 4 members (excludes halogenated alkanes) is 3. The molecule has 0 aromatic heterocycles. The highest BCUT2D eigenvalue weighted by Gasteiger charge is 2.37. The molecule has 2 saturated carbocycles. The summed E-state index contributed by atoms with van der Waals surface area (Å²) in [5, 5.41) is 29.1. The van der Waals surface area contributed by atoms with E-state index in [-0.39, 0.29) is 67.3 Å². The fraction of sp³-hybridized carbons (Fsp3) is 0.795. The van der Waals surface area contributed by atoms with E-state index >= 15 is 0 Å². The van der Waals surface area contributed by atoms with Gasteiger partial charge in [0.2, 0.25) is 0 Å². The Bertz CT molecular complexity index is 2510. The van der Waals surface area contributed by atoms with Gasteiger partial charge in [0.1, 0.15) is 1.37 Å². The SMILES string of the molecule is C#CCC(C)(C)NC(C)(C)C.C#CCC(F)(F)NC(C)(C)C.C#CCC1(NC(C)(C)C)CCCC1.C#CCC1(NC(C)(C)C)CCCCC1.CC#CCCCCNC(C)(C)C.CC#CCCCNC(C)(C)C.CC#CCCNC(C)(C)C.[2H]C#CCNC(C)(C)C.[2H]C([2H])(CC#C)NC(C)(C)C. The van der Waals surface area contributed by atoms with Crippen molar-refractivity contribution in [2.24, 2.45) is 0 Å². The minimum Gasteiger partial charge on any atom is -0.312 e. The number of alkyl halides is 2. The third-order valence-electron chi connectivity index (χ3n) is 13.0. The summed E-state index contributed by atoms with van der Waals surface area (Å²) >= 11 is 0. The minimum absolute atomic E-state index is 0.0486. The van der Waals surface area contributed by atoms with E-state index in [2.05, 4.69) is 279 Å². The van der Waals surface area contributed by atoms with Crippen LogP contribution in [0.4, 0.5) is 8.78 Å². The lowest BCUT2D eigenvalue weighted by Crippen LogP contribution is -2.54. The normalized spacial score (nSPS) is 14.6. The molecule has 0 unspecified atom stereocenters.